The zero-order chi connectivity index (χ0) is 18.3. The first-order valence-electron chi connectivity index (χ1n) is 9.21. The molecular weight excluding hydrogens is 337 g/mol. The van der Waals surface area contributed by atoms with E-state index in [9.17, 15) is 14.8 Å². The van der Waals surface area contributed by atoms with Gasteiger partial charge in [-0.15, -0.1) is 0 Å². The predicted octanol–water partition coefficient (Wildman–Crippen LogP) is 0.857. The first-order chi connectivity index (χ1) is 12.5. The summed E-state index contributed by atoms with van der Waals surface area (Å²) in [7, 11) is -1.95. The van der Waals surface area contributed by atoms with Crippen LogP contribution in [0, 0.1) is 12.8 Å². The molecule has 2 saturated heterocycles. The smallest absolute Gasteiger partial charge is 0.492 e. The molecule has 7 nitrogen and oxygen atoms in total. The minimum Gasteiger partial charge on any atom is -0.492 e. The van der Waals surface area contributed by atoms with Crippen molar-refractivity contribution in [2.75, 3.05) is 6.61 Å². The van der Waals surface area contributed by atoms with Gasteiger partial charge in [-0.3, -0.25) is 4.79 Å². The van der Waals surface area contributed by atoms with Crippen molar-refractivity contribution in [3.63, 3.8) is 0 Å². The van der Waals surface area contributed by atoms with E-state index >= 15 is 0 Å². The Labute approximate surface area is 152 Å². The van der Waals surface area contributed by atoms with Crippen LogP contribution in [0.1, 0.15) is 42.7 Å². The maximum Gasteiger partial charge on any atom is 0.635 e. The van der Waals surface area contributed by atoms with E-state index in [-0.39, 0.29) is 30.0 Å². The molecule has 0 radical (unpaired) electrons. The van der Waals surface area contributed by atoms with Crippen molar-refractivity contribution < 1.29 is 29.0 Å². The van der Waals surface area contributed by atoms with Gasteiger partial charge in [-0.2, -0.15) is 0 Å². The van der Waals surface area contributed by atoms with E-state index < -0.39 is 13.5 Å². The SMILES string of the molecule is Cc1cccc2c1OC[C@H]2C[C@H](NC(=O)[C@@H]1C[C@H]2CC[C@@H]1O2)OB(O)O. The lowest BCUT2D eigenvalue weighted by Gasteiger charge is -2.25. The number of rotatable bonds is 6. The van der Waals surface area contributed by atoms with Gasteiger partial charge in [-0.25, -0.2) is 0 Å². The number of ether oxygens (including phenoxy) is 2. The van der Waals surface area contributed by atoms with Gasteiger partial charge in [0.25, 0.3) is 0 Å². The minimum absolute atomic E-state index is 0.0187. The molecule has 3 heterocycles. The molecule has 0 unspecified atom stereocenters. The Morgan fingerprint density at radius 2 is 2.27 bits per heavy atom. The fourth-order valence-electron chi connectivity index (χ4n) is 4.40. The van der Waals surface area contributed by atoms with Crippen molar-refractivity contribution in [1.29, 1.82) is 0 Å². The Kier molecular flexibility index (Phi) is 4.92. The molecule has 3 N–H and O–H groups in total. The van der Waals surface area contributed by atoms with Crippen LogP contribution >= 0.6 is 0 Å². The topological polar surface area (TPSA) is 97.3 Å². The lowest BCUT2D eigenvalue weighted by molar-refractivity contribution is -0.129. The molecule has 0 spiro atoms. The first kappa shape index (κ1) is 17.8. The second-order valence-corrected chi connectivity index (χ2v) is 7.41. The van der Waals surface area contributed by atoms with Crippen LogP contribution < -0.4 is 10.1 Å². The van der Waals surface area contributed by atoms with Crippen molar-refractivity contribution in [3.05, 3.63) is 29.3 Å². The molecule has 0 saturated carbocycles. The summed E-state index contributed by atoms with van der Waals surface area (Å²) in [6.45, 7) is 2.47. The largest absolute Gasteiger partial charge is 0.635 e. The van der Waals surface area contributed by atoms with Gasteiger partial charge in [0.1, 0.15) is 12.0 Å². The Bertz CT molecular complexity index is 684. The Morgan fingerprint density at radius 3 is 2.96 bits per heavy atom. The summed E-state index contributed by atoms with van der Waals surface area (Å²) in [6.07, 6.45) is 2.39. The summed E-state index contributed by atoms with van der Waals surface area (Å²) in [5, 5.41) is 21.3. The number of carbonyl (C=O) groups is 1. The van der Waals surface area contributed by atoms with Gasteiger partial charge in [0.15, 0.2) is 0 Å². The normalized spacial score (nSPS) is 30.0. The highest BCUT2D eigenvalue weighted by molar-refractivity contribution is 6.32. The average molecular weight is 361 g/mol. The summed E-state index contributed by atoms with van der Waals surface area (Å²) in [4.78, 5) is 12.6. The van der Waals surface area contributed by atoms with Crippen LogP contribution in [0.3, 0.4) is 0 Å². The van der Waals surface area contributed by atoms with Crippen molar-refractivity contribution in [2.45, 2.75) is 57.0 Å². The fourth-order valence-corrected chi connectivity index (χ4v) is 4.40. The van der Waals surface area contributed by atoms with Gasteiger partial charge >= 0.3 is 7.32 Å². The van der Waals surface area contributed by atoms with E-state index in [0.717, 1.165) is 36.1 Å². The van der Waals surface area contributed by atoms with Crippen LogP contribution in [0.15, 0.2) is 18.2 Å². The number of carbonyl (C=O) groups excluding carboxylic acids is 1. The lowest BCUT2D eigenvalue weighted by Crippen LogP contribution is -2.46. The van der Waals surface area contributed by atoms with Gasteiger partial charge in [0, 0.05) is 17.9 Å². The third kappa shape index (κ3) is 3.46. The van der Waals surface area contributed by atoms with Crippen molar-refractivity contribution in [1.82, 2.24) is 5.32 Å². The van der Waals surface area contributed by atoms with E-state index in [1.807, 2.05) is 25.1 Å². The molecule has 2 bridgehead atoms. The van der Waals surface area contributed by atoms with E-state index in [1.165, 1.54) is 0 Å². The van der Waals surface area contributed by atoms with E-state index in [2.05, 4.69) is 5.32 Å². The quantitative estimate of drug-likeness (QED) is 0.514. The number of para-hydroxylation sites is 1. The minimum atomic E-state index is -1.95. The van der Waals surface area contributed by atoms with Gasteiger partial charge < -0.3 is 29.5 Å². The summed E-state index contributed by atoms with van der Waals surface area (Å²) in [5.41, 5.74) is 2.12. The van der Waals surface area contributed by atoms with Crippen molar-refractivity contribution in [2.24, 2.45) is 5.92 Å². The lowest BCUT2D eigenvalue weighted by atomic mass is 9.88. The standard InChI is InChI=1S/C18H24BNO6/c1-10-3-2-4-13-11(9-24-17(10)13)7-16(26-19(22)23)20-18(21)14-8-12-5-6-15(14)25-12/h2-4,11-12,14-16,22-23H,5-9H2,1H3,(H,20,21)/t11-,12-,14-,15+,16-/m1/s1. The maximum absolute atomic E-state index is 12.6. The zero-order valence-electron chi connectivity index (χ0n) is 14.8. The van der Waals surface area contributed by atoms with E-state index in [0.29, 0.717) is 13.0 Å². The molecule has 140 valence electrons. The van der Waals surface area contributed by atoms with Gasteiger partial charge in [-0.05, 0) is 31.7 Å². The summed E-state index contributed by atoms with van der Waals surface area (Å²) < 4.78 is 16.7. The Hall–Kier alpha value is -1.61. The van der Waals surface area contributed by atoms with Crippen LogP contribution in [0.5, 0.6) is 5.75 Å². The average Bonchev–Trinajstić information content (AvgIpc) is 3.30. The van der Waals surface area contributed by atoms with Gasteiger partial charge in [-0.1, -0.05) is 18.2 Å². The molecule has 0 aromatic heterocycles. The molecule has 3 aliphatic heterocycles. The molecule has 1 aromatic rings. The van der Waals surface area contributed by atoms with Crippen LogP contribution in [-0.4, -0.2) is 48.3 Å². The third-order valence-corrected chi connectivity index (χ3v) is 5.64. The molecule has 4 rings (SSSR count). The van der Waals surface area contributed by atoms with Crippen LogP contribution in [0.25, 0.3) is 0 Å². The van der Waals surface area contributed by atoms with Crippen LogP contribution in [0.4, 0.5) is 0 Å². The summed E-state index contributed by atoms with van der Waals surface area (Å²) >= 11 is 0. The Balaban J connectivity index is 1.43. The molecule has 0 aliphatic carbocycles. The molecule has 1 aromatic carbocycles. The van der Waals surface area contributed by atoms with E-state index in [1.54, 1.807) is 0 Å². The third-order valence-electron chi connectivity index (χ3n) is 5.64. The maximum atomic E-state index is 12.6. The first-order valence-corrected chi connectivity index (χ1v) is 9.21. The van der Waals surface area contributed by atoms with Gasteiger partial charge in [0.05, 0.1) is 24.7 Å². The monoisotopic (exact) mass is 361 g/mol. The molecular formula is C18H24BNO6. The molecule has 2 fully saturated rings. The molecule has 5 atom stereocenters. The molecule has 8 heteroatoms. The summed E-state index contributed by atoms with van der Waals surface area (Å²) in [6, 6.07) is 5.96. The molecule has 26 heavy (non-hydrogen) atoms. The number of aryl methyl sites for hydroxylation is 1. The number of benzene rings is 1. The predicted molar refractivity (Wildman–Crippen MR) is 93.2 cm³/mol. The fraction of sp³-hybridized carbons (Fsp3) is 0.611. The number of fused-ring (bicyclic) bond motifs is 3. The van der Waals surface area contributed by atoms with Crippen molar-refractivity contribution in [3.8, 4) is 5.75 Å². The van der Waals surface area contributed by atoms with Crippen molar-refractivity contribution >= 4 is 13.2 Å². The van der Waals surface area contributed by atoms with E-state index in [4.69, 9.17) is 14.1 Å². The summed E-state index contributed by atoms with van der Waals surface area (Å²) in [5.74, 6) is 0.551. The number of hydrogen-bond donors (Lipinski definition) is 3. The highest BCUT2D eigenvalue weighted by Gasteiger charge is 2.45. The van der Waals surface area contributed by atoms with Crippen LogP contribution in [-0.2, 0) is 14.2 Å². The highest BCUT2D eigenvalue weighted by atomic mass is 16.6. The van der Waals surface area contributed by atoms with Crippen LogP contribution in [0.2, 0.25) is 0 Å². The molecule has 1 amide bonds. The molecule has 3 aliphatic rings. The zero-order valence-corrected chi connectivity index (χ0v) is 14.8. The number of nitrogens with one attached hydrogen (secondary N) is 1. The number of amides is 1. The second-order valence-electron chi connectivity index (χ2n) is 7.41. The van der Waals surface area contributed by atoms with Gasteiger partial charge in [0.2, 0.25) is 5.91 Å². The highest BCUT2D eigenvalue weighted by Crippen LogP contribution is 2.40. The number of hydrogen-bond acceptors (Lipinski definition) is 6. The second kappa shape index (κ2) is 7.19. The Morgan fingerprint density at radius 1 is 1.42 bits per heavy atom.